The van der Waals surface area contributed by atoms with Crippen LogP contribution in [0.4, 0.5) is 11.6 Å². The zero-order valence-corrected chi connectivity index (χ0v) is 10.5. The Morgan fingerprint density at radius 3 is 2.79 bits per heavy atom. The van der Waals surface area contributed by atoms with Crippen molar-refractivity contribution in [3.05, 3.63) is 36.2 Å². The maximum Gasteiger partial charge on any atom is 0.148 e. The fourth-order valence-electron chi connectivity index (χ4n) is 2.54. The van der Waals surface area contributed by atoms with Gasteiger partial charge in [-0.1, -0.05) is 0 Å². The molecule has 0 radical (unpaired) electrons. The molecule has 3 rings (SSSR count). The largest absolute Gasteiger partial charge is 0.382 e. The van der Waals surface area contributed by atoms with E-state index in [1.807, 2.05) is 24.3 Å². The number of nitrogens with one attached hydrogen (secondary N) is 1. The van der Waals surface area contributed by atoms with Crippen molar-refractivity contribution in [2.75, 3.05) is 11.1 Å². The van der Waals surface area contributed by atoms with Gasteiger partial charge < -0.3 is 11.1 Å². The maximum absolute atomic E-state index is 5.55. The highest BCUT2D eigenvalue weighted by atomic mass is 15.2. The van der Waals surface area contributed by atoms with Crippen LogP contribution in [0.3, 0.4) is 0 Å². The Labute approximate surface area is 111 Å². The van der Waals surface area contributed by atoms with Gasteiger partial charge in [0.1, 0.15) is 11.6 Å². The van der Waals surface area contributed by atoms with Crippen molar-refractivity contribution in [2.24, 2.45) is 0 Å². The highest BCUT2D eigenvalue weighted by Crippen LogP contribution is 2.34. The molecule has 0 aromatic carbocycles. The molecule has 98 valence electrons. The van der Waals surface area contributed by atoms with Crippen LogP contribution in [0.2, 0.25) is 0 Å². The molecule has 0 spiro atoms. The molecule has 2 atom stereocenters. The van der Waals surface area contributed by atoms with E-state index in [0.717, 1.165) is 30.8 Å². The van der Waals surface area contributed by atoms with Crippen LogP contribution >= 0.6 is 0 Å². The number of rotatable bonds is 3. The Hall–Kier alpha value is -2.24. The van der Waals surface area contributed by atoms with E-state index < -0.39 is 0 Å². The first-order chi connectivity index (χ1) is 9.31. The van der Waals surface area contributed by atoms with E-state index in [9.17, 15) is 0 Å². The van der Waals surface area contributed by atoms with Gasteiger partial charge in [-0.2, -0.15) is 10.2 Å². The standard InChI is InChI=1S/C13H16N6/c14-12-6-5-11(17-18-12)9-3-4-10(8-9)16-13-2-1-7-15-19-13/h1-2,5-7,9-10H,3-4,8H2,(H2,14,18)(H,16,19)/t9?,10-/m1/s1. The zero-order valence-electron chi connectivity index (χ0n) is 10.5. The SMILES string of the molecule is Nc1ccc(C2CC[C@@H](Nc3cccnn3)C2)nn1. The molecule has 19 heavy (non-hydrogen) atoms. The summed E-state index contributed by atoms with van der Waals surface area (Å²) in [4.78, 5) is 0. The Morgan fingerprint density at radius 2 is 2.05 bits per heavy atom. The second kappa shape index (κ2) is 5.17. The lowest BCUT2D eigenvalue weighted by Gasteiger charge is -2.13. The maximum atomic E-state index is 5.55. The highest BCUT2D eigenvalue weighted by molar-refractivity contribution is 5.34. The van der Waals surface area contributed by atoms with Crippen molar-refractivity contribution in [3.63, 3.8) is 0 Å². The van der Waals surface area contributed by atoms with Crippen molar-refractivity contribution in [1.29, 1.82) is 0 Å². The smallest absolute Gasteiger partial charge is 0.148 e. The molecule has 6 nitrogen and oxygen atoms in total. The van der Waals surface area contributed by atoms with E-state index in [-0.39, 0.29) is 0 Å². The summed E-state index contributed by atoms with van der Waals surface area (Å²) in [6, 6.07) is 8.01. The molecular weight excluding hydrogens is 240 g/mol. The number of nitrogen functional groups attached to an aromatic ring is 1. The summed E-state index contributed by atoms with van der Waals surface area (Å²) >= 11 is 0. The van der Waals surface area contributed by atoms with Crippen LogP contribution < -0.4 is 11.1 Å². The minimum atomic E-state index is 0.418. The molecule has 1 unspecified atom stereocenters. The number of nitrogens with two attached hydrogens (primary N) is 1. The molecule has 2 heterocycles. The van der Waals surface area contributed by atoms with Gasteiger partial charge in [-0.3, -0.25) is 0 Å². The van der Waals surface area contributed by atoms with Crippen molar-refractivity contribution >= 4 is 11.6 Å². The van der Waals surface area contributed by atoms with E-state index in [2.05, 4.69) is 25.7 Å². The van der Waals surface area contributed by atoms with Crippen LogP contribution in [-0.2, 0) is 0 Å². The number of aromatic nitrogens is 4. The summed E-state index contributed by atoms with van der Waals surface area (Å²) in [6.07, 6.45) is 4.92. The molecule has 0 amide bonds. The molecule has 1 aliphatic carbocycles. The number of nitrogens with zero attached hydrogens (tertiary/aromatic N) is 4. The monoisotopic (exact) mass is 256 g/mol. The molecule has 1 fully saturated rings. The van der Waals surface area contributed by atoms with Crippen molar-refractivity contribution in [1.82, 2.24) is 20.4 Å². The summed E-state index contributed by atoms with van der Waals surface area (Å²) in [7, 11) is 0. The predicted molar refractivity (Wildman–Crippen MR) is 72.5 cm³/mol. The molecular formula is C13H16N6. The van der Waals surface area contributed by atoms with Gasteiger partial charge in [-0.25, -0.2) is 0 Å². The lowest BCUT2D eigenvalue weighted by atomic mass is 10.0. The second-order valence-corrected chi connectivity index (χ2v) is 4.84. The Balaban J connectivity index is 1.62. The van der Waals surface area contributed by atoms with Crippen LogP contribution in [0.15, 0.2) is 30.5 Å². The number of hydrogen-bond acceptors (Lipinski definition) is 6. The normalized spacial score (nSPS) is 22.3. The first-order valence-electron chi connectivity index (χ1n) is 6.44. The molecule has 2 aromatic rings. The van der Waals surface area contributed by atoms with Crippen molar-refractivity contribution in [2.45, 2.75) is 31.2 Å². The second-order valence-electron chi connectivity index (χ2n) is 4.84. The molecule has 1 saturated carbocycles. The predicted octanol–water partition coefficient (Wildman–Crippen LogP) is 1.60. The third-order valence-corrected chi connectivity index (χ3v) is 3.48. The lowest BCUT2D eigenvalue weighted by Crippen LogP contribution is -2.16. The van der Waals surface area contributed by atoms with E-state index in [1.54, 1.807) is 6.20 Å². The average Bonchev–Trinajstić information content (AvgIpc) is 2.89. The van der Waals surface area contributed by atoms with Gasteiger partial charge in [-0.15, -0.1) is 10.2 Å². The fourth-order valence-corrected chi connectivity index (χ4v) is 2.54. The van der Waals surface area contributed by atoms with E-state index >= 15 is 0 Å². The topological polar surface area (TPSA) is 89.6 Å². The van der Waals surface area contributed by atoms with Crippen LogP contribution in [0.1, 0.15) is 30.9 Å². The van der Waals surface area contributed by atoms with Gasteiger partial charge in [0.05, 0.1) is 5.69 Å². The van der Waals surface area contributed by atoms with E-state index in [1.165, 1.54) is 0 Å². The van der Waals surface area contributed by atoms with Gasteiger partial charge >= 0.3 is 0 Å². The molecule has 6 heteroatoms. The van der Waals surface area contributed by atoms with Gasteiger partial charge in [0, 0.05) is 18.2 Å². The molecule has 0 saturated heterocycles. The molecule has 0 aliphatic heterocycles. The first-order valence-corrected chi connectivity index (χ1v) is 6.44. The van der Waals surface area contributed by atoms with Crippen LogP contribution in [0, 0.1) is 0 Å². The number of anilines is 2. The van der Waals surface area contributed by atoms with Gasteiger partial charge in [-0.05, 0) is 43.5 Å². The van der Waals surface area contributed by atoms with Crippen LogP contribution in [0.5, 0.6) is 0 Å². The van der Waals surface area contributed by atoms with E-state index in [0.29, 0.717) is 17.8 Å². The summed E-state index contributed by atoms with van der Waals surface area (Å²) in [5.74, 6) is 1.75. The summed E-state index contributed by atoms with van der Waals surface area (Å²) in [5.41, 5.74) is 6.58. The average molecular weight is 256 g/mol. The third-order valence-electron chi connectivity index (χ3n) is 3.48. The minimum Gasteiger partial charge on any atom is -0.382 e. The zero-order chi connectivity index (χ0) is 13.1. The lowest BCUT2D eigenvalue weighted by molar-refractivity contribution is 0.667. The third kappa shape index (κ3) is 2.78. The molecule has 3 N–H and O–H groups in total. The highest BCUT2D eigenvalue weighted by Gasteiger charge is 2.27. The molecule has 2 aromatic heterocycles. The van der Waals surface area contributed by atoms with Crippen molar-refractivity contribution < 1.29 is 0 Å². The summed E-state index contributed by atoms with van der Waals surface area (Å²) < 4.78 is 0. The first kappa shape index (κ1) is 11.8. The van der Waals surface area contributed by atoms with Gasteiger partial charge in [0.2, 0.25) is 0 Å². The fraction of sp³-hybridized carbons (Fsp3) is 0.385. The minimum absolute atomic E-state index is 0.418. The van der Waals surface area contributed by atoms with Crippen LogP contribution in [0.25, 0.3) is 0 Å². The summed E-state index contributed by atoms with van der Waals surface area (Å²) in [5, 5.41) is 19.4. The Morgan fingerprint density at radius 1 is 1.11 bits per heavy atom. The molecule has 0 bridgehead atoms. The van der Waals surface area contributed by atoms with Crippen LogP contribution in [-0.4, -0.2) is 26.4 Å². The Kier molecular flexibility index (Phi) is 3.22. The quantitative estimate of drug-likeness (QED) is 0.867. The van der Waals surface area contributed by atoms with Crippen molar-refractivity contribution in [3.8, 4) is 0 Å². The molecule has 1 aliphatic rings. The van der Waals surface area contributed by atoms with Gasteiger partial charge in [0.25, 0.3) is 0 Å². The van der Waals surface area contributed by atoms with E-state index in [4.69, 9.17) is 5.73 Å². The van der Waals surface area contributed by atoms with Gasteiger partial charge in [0.15, 0.2) is 0 Å². The summed E-state index contributed by atoms with van der Waals surface area (Å²) in [6.45, 7) is 0. The number of hydrogen-bond donors (Lipinski definition) is 2. The Bertz CT molecular complexity index is 527.